The van der Waals surface area contributed by atoms with Gasteiger partial charge in [-0.05, 0) is 69.5 Å². The number of hydrogen-bond donors (Lipinski definition) is 1. The van der Waals surface area contributed by atoms with Gasteiger partial charge in [-0.3, -0.25) is 19.3 Å². The maximum absolute atomic E-state index is 13.4. The minimum atomic E-state index is -0.745. The Balaban J connectivity index is 1.81. The summed E-state index contributed by atoms with van der Waals surface area (Å²) >= 11 is 0. The third-order valence-corrected chi connectivity index (χ3v) is 5.21. The van der Waals surface area contributed by atoms with Crippen LogP contribution in [0.1, 0.15) is 43.1 Å². The van der Waals surface area contributed by atoms with Crippen LogP contribution < -0.4 is 15.1 Å². The number of carbonyl (C=O) groups is 3. The second-order valence-corrected chi connectivity index (χ2v) is 9.15. The van der Waals surface area contributed by atoms with E-state index in [9.17, 15) is 14.4 Å². The summed E-state index contributed by atoms with van der Waals surface area (Å²) < 4.78 is 5.44. The van der Waals surface area contributed by atoms with Crippen LogP contribution in [-0.4, -0.2) is 50.1 Å². The summed E-state index contributed by atoms with van der Waals surface area (Å²) in [7, 11) is 3.85. The molecule has 1 atom stereocenters. The first-order valence-corrected chi connectivity index (χ1v) is 10.7. The van der Waals surface area contributed by atoms with Gasteiger partial charge in [0.2, 0.25) is 5.91 Å². The van der Waals surface area contributed by atoms with Gasteiger partial charge in [0.1, 0.15) is 18.2 Å². The molecule has 2 aromatic carbocycles. The molecular weight excluding hydrogens is 406 g/mol. The normalized spacial score (nSPS) is 16.1. The summed E-state index contributed by atoms with van der Waals surface area (Å²) in [5, 5.41) is 2.86. The molecule has 1 aliphatic rings. The summed E-state index contributed by atoms with van der Waals surface area (Å²) in [5.41, 5.74) is 2.43. The van der Waals surface area contributed by atoms with E-state index in [1.54, 1.807) is 32.9 Å². The van der Waals surface area contributed by atoms with E-state index in [1.807, 2.05) is 55.4 Å². The number of fused-ring (bicyclic) bond motifs is 1. The van der Waals surface area contributed by atoms with Crippen LogP contribution in [0.3, 0.4) is 0 Å². The quantitative estimate of drug-likeness (QED) is 0.727. The number of carbonyl (C=O) groups excluding carboxylic acids is 3. The molecule has 0 saturated heterocycles. The summed E-state index contributed by atoms with van der Waals surface area (Å²) in [6.07, 6.45) is 1.05. The maximum atomic E-state index is 13.4. The molecule has 0 aromatic heterocycles. The third-order valence-electron chi connectivity index (χ3n) is 5.21. The second-order valence-electron chi connectivity index (χ2n) is 9.15. The molecular formula is C25H31N3O4. The predicted molar refractivity (Wildman–Crippen MR) is 125 cm³/mol. The fourth-order valence-electron chi connectivity index (χ4n) is 3.67. The molecule has 7 nitrogen and oxygen atoms in total. The smallest absolute Gasteiger partial charge is 0.326 e. The van der Waals surface area contributed by atoms with Gasteiger partial charge in [0.05, 0.1) is 0 Å². The molecule has 1 unspecified atom stereocenters. The first kappa shape index (κ1) is 23.3. The molecule has 3 rings (SSSR count). The number of anilines is 2. The summed E-state index contributed by atoms with van der Waals surface area (Å²) in [5.74, 6) is -1.14. The van der Waals surface area contributed by atoms with E-state index in [2.05, 4.69) is 5.32 Å². The van der Waals surface area contributed by atoms with Gasteiger partial charge in [-0.15, -0.1) is 0 Å². The highest BCUT2D eigenvalue weighted by molar-refractivity contribution is 6.05. The Bertz CT molecular complexity index is 993. The van der Waals surface area contributed by atoms with Crippen LogP contribution >= 0.6 is 0 Å². The number of hydrogen-bond acceptors (Lipinski definition) is 5. The average Bonchev–Trinajstić information content (AvgIpc) is 2.85. The monoisotopic (exact) mass is 437 g/mol. The zero-order chi connectivity index (χ0) is 23.5. The van der Waals surface area contributed by atoms with Gasteiger partial charge in [0, 0.05) is 31.0 Å². The fraction of sp³-hybridized carbons (Fsp3) is 0.400. The fourth-order valence-corrected chi connectivity index (χ4v) is 3.67. The lowest BCUT2D eigenvalue weighted by molar-refractivity contribution is -0.153. The van der Waals surface area contributed by atoms with Crippen molar-refractivity contribution in [2.24, 2.45) is 0 Å². The van der Waals surface area contributed by atoms with Crippen molar-refractivity contribution in [2.75, 3.05) is 30.4 Å². The maximum Gasteiger partial charge on any atom is 0.326 e. The van der Waals surface area contributed by atoms with Gasteiger partial charge in [-0.25, -0.2) is 0 Å². The van der Waals surface area contributed by atoms with Gasteiger partial charge in [0.25, 0.3) is 5.91 Å². The van der Waals surface area contributed by atoms with E-state index >= 15 is 0 Å². The number of aryl methyl sites for hydroxylation is 1. The Morgan fingerprint density at radius 3 is 2.38 bits per heavy atom. The molecule has 1 heterocycles. The van der Waals surface area contributed by atoms with Gasteiger partial charge in [-0.1, -0.05) is 18.2 Å². The number of rotatable bonds is 5. The molecule has 32 heavy (non-hydrogen) atoms. The topological polar surface area (TPSA) is 79.0 Å². The largest absolute Gasteiger partial charge is 0.459 e. The minimum absolute atomic E-state index is 0.211. The number of ether oxygens (including phenoxy) is 1. The number of esters is 1. The third kappa shape index (κ3) is 5.66. The van der Waals surface area contributed by atoms with Crippen LogP contribution in [0.4, 0.5) is 11.4 Å². The molecule has 2 aromatic rings. The van der Waals surface area contributed by atoms with E-state index in [4.69, 9.17) is 4.74 Å². The van der Waals surface area contributed by atoms with Crippen molar-refractivity contribution in [1.29, 1.82) is 0 Å². The van der Waals surface area contributed by atoms with Crippen LogP contribution in [0.5, 0.6) is 0 Å². The Morgan fingerprint density at radius 2 is 1.75 bits per heavy atom. The zero-order valence-corrected chi connectivity index (χ0v) is 19.3. The lowest BCUT2D eigenvalue weighted by Crippen LogP contribution is -2.50. The minimum Gasteiger partial charge on any atom is -0.459 e. The highest BCUT2D eigenvalue weighted by atomic mass is 16.6. The van der Waals surface area contributed by atoms with Crippen molar-refractivity contribution in [3.8, 4) is 0 Å². The molecule has 0 fully saturated rings. The zero-order valence-electron chi connectivity index (χ0n) is 19.3. The molecule has 0 spiro atoms. The molecule has 0 aliphatic carbocycles. The predicted octanol–water partition coefficient (Wildman–Crippen LogP) is 3.17. The van der Waals surface area contributed by atoms with Crippen LogP contribution in [0.2, 0.25) is 0 Å². The molecule has 1 N–H and O–H groups in total. The highest BCUT2D eigenvalue weighted by Gasteiger charge is 2.33. The highest BCUT2D eigenvalue weighted by Crippen LogP contribution is 2.27. The van der Waals surface area contributed by atoms with Crippen molar-refractivity contribution in [3.63, 3.8) is 0 Å². The standard InChI is InChI=1S/C25H31N3O4/c1-25(2,3)32-22(29)16-28-21-9-7-6-8-17(21)12-15-20(24(28)31)26-23(30)18-10-13-19(14-11-18)27(4)5/h6-11,13-14,20H,12,15-16H2,1-5H3,(H,26,30). The van der Waals surface area contributed by atoms with Crippen molar-refractivity contribution < 1.29 is 19.1 Å². The van der Waals surface area contributed by atoms with E-state index in [0.717, 1.165) is 11.3 Å². The lowest BCUT2D eigenvalue weighted by atomic mass is 10.1. The number of nitrogens with zero attached hydrogens (tertiary/aromatic N) is 2. The van der Waals surface area contributed by atoms with E-state index in [-0.39, 0.29) is 18.4 Å². The first-order valence-electron chi connectivity index (χ1n) is 10.7. The van der Waals surface area contributed by atoms with Gasteiger partial charge in [-0.2, -0.15) is 0 Å². The van der Waals surface area contributed by atoms with Gasteiger partial charge in [0.15, 0.2) is 0 Å². The van der Waals surface area contributed by atoms with Crippen LogP contribution in [-0.2, 0) is 20.7 Å². The van der Waals surface area contributed by atoms with Crippen LogP contribution in [0, 0.1) is 0 Å². The molecule has 0 bridgehead atoms. The van der Waals surface area contributed by atoms with Crippen molar-refractivity contribution >= 4 is 29.2 Å². The van der Waals surface area contributed by atoms with E-state index < -0.39 is 17.6 Å². The molecule has 2 amide bonds. The van der Waals surface area contributed by atoms with Gasteiger partial charge < -0.3 is 15.0 Å². The van der Waals surface area contributed by atoms with Crippen LogP contribution in [0.25, 0.3) is 0 Å². The molecule has 0 radical (unpaired) electrons. The Morgan fingerprint density at radius 1 is 1.09 bits per heavy atom. The Hall–Kier alpha value is -3.35. The van der Waals surface area contributed by atoms with Crippen LogP contribution in [0.15, 0.2) is 48.5 Å². The molecule has 7 heteroatoms. The van der Waals surface area contributed by atoms with Crippen molar-refractivity contribution in [3.05, 3.63) is 59.7 Å². The Labute approximate surface area is 189 Å². The summed E-state index contributed by atoms with van der Waals surface area (Å²) in [6.45, 7) is 5.14. The number of nitrogens with one attached hydrogen (secondary N) is 1. The van der Waals surface area contributed by atoms with E-state index in [0.29, 0.717) is 24.1 Å². The van der Waals surface area contributed by atoms with E-state index in [1.165, 1.54) is 4.90 Å². The average molecular weight is 438 g/mol. The van der Waals surface area contributed by atoms with Gasteiger partial charge >= 0.3 is 5.97 Å². The number of para-hydroxylation sites is 1. The summed E-state index contributed by atoms with van der Waals surface area (Å²) in [4.78, 5) is 42.2. The molecule has 0 saturated carbocycles. The van der Waals surface area contributed by atoms with Crippen molar-refractivity contribution in [1.82, 2.24) is 5.32 Å². The molecule has 1 aliphatic heterocycles. The first-order chi connectivity index (χ1) is 15.0. The number of benzene rings is 2. The molecule has 170 valence electrons. The van der Waals surface area contributed by atoms with Crippen molar-refractivity contribution in [2.45, 2.75) is 45.3 Å². The second kappa shape index (κ2) is 9.42. The number of amides is 2. The lowest BCUT2D eigenvalue weighted by Gasteiger charge is -2.27. The SMILES string of the molecule is CN(C)c1ccc(C(=O)NC2CCc3ccccc3N(CC(=O)OC(C)(C)C)C2=O)cc1. The summed E-state index contributed by atoms with van der Waals surface area (Å²) in [6, 6.07) is 13.9. The Kier molecular flexibility index (Phi) is 6.87.